The minimum Gasteiger partial charge on any atom is -0.480 e. The first kappa shape index (κ1) is 17.1. The predicted molar refractivity (Wildman–Crippen MR) is 82.4 cm³/mol. The largest absolute Gasteiger partial charge is 0.480 e. The number of pyridine rings is 1. The molecule has 23 heavy (non-hydrogen) atoms. The van der Waals surface area contributed by atoms with Crippen molar-refractivity contribution in [2.75, 3.05) is 0 Å². The van der Waals surface area contributed by atoms with Gasteiger partial charge in [-0.1, -0.05) is 13.8 Å². The molecule has 2 heterocycles. The molecule has 0 fully saturated rings. The first-order valence-corrected chi connectivity index (χ1v) is 8.47. The van der Waals surface area contributed by atoms with Crippen LogP contribution in [-0.4, -0.2) is 40.5 Å². The molecule has 0 aromatic carbocycles. The zero-order valence-electron chi connectivity index (χ0n) is 12.7. The standard InChI is InChI=1S/C14H18N4O4S/c1-9(2)13-16-8-12(17-13)23(21,22)18-11(14(19)20)7-10-3-5-15-6-4-10/h3-6,8-9,11,18H,7H2,1-2H3,(H,16,17)(H,19,20). The van der Waals surface area contributed by atoms with Gasteiger partial charge in [0.15, 0.2) is 5.03 Å². The molecule has 1 atom stereocenters. The molecule has 0 aliphatic rings. The maximum absolute atomic E-state index is 12.3. The van der Waals surface area contributed by atoms with Crippen LogP contribution in [0.4, 0.5) is 0 Å². The van der Waals surface area contributed by atoms with Crippen molar-refractivity contribution < 1.29 is 18.3 Å². The van der Waals surface area contributed by atoms with Crippen LogP contribution in [0.2, 0.25) is 0 Å². The number of nitrogens with zero attached hydrogens (tertiary/aromatic N) is 2. The maximum Gasteiger partial charge on any atom is 0.322 e. The van der Waals surface area contributed by atoms with E-state index in [2.05, 4.69) is 19.7 Å². The van der Waals surface area contributed by atoms with Gasteiger partial charge in [0.05, 0.1) is 6.20 Å². The molecule has 0 radical (unpaired) electrons. The Kier molecular flexibility index (Phi) is 5.12. The van der Waals surface area contributed by atoms with Crippen molar-refractivity contribution >= 4 is 16.0 Å². The van der Waals surface area contributed by atoms with Gasteiger partial charge in [0.2, 0.25) is 0 Å². The van der Waals surface area contributed by atoms with Gasteiger partial charge in [-0.25, -0.2) is 13.4 Å². The summed E-state index contributed by atoms with van der Waals surface area (Å²) < 4.78 is 26.8. The van der Waals surface area contributed by atoms with Crippen molar-refractivity contribution in [2.24, 2.45) is 0 Å². The van der Waals surface area contributed by atoms with Crippen LogP contribution in [0.5, 0.6) is 0 Å². The van der Waals surface area contributed by atoms with Gasteiger partial charge in [0.1, 0.15) is 11.9 Å². The van der Waals surface area contributed by atoms with Crippen LogP contribution in [0, 0.1) is 0 Å². The van der Waals surface area contributed by atoms with E-state index in [-0.39, 0.29) is 17.4 Å². The molecule has 3 N–H and O–H groups in total. The van der Waals surface area contributed by atoms with E-state index in [1.165, 1.54) is 18.6 Å². The summed E-state index contributed by atoms with van der Waals surface area (Å²) in [6.07, 6.45) is 4.24. The molecule has 0 bridgehead atoms. The molecule has 8 nitrogen and oxygen atoms in total. The van der Waals surface area contributed by atoms with E-state index < -0.39 is 22.0 Å². The van der Waals surface area contributed by atoms with Gasteiger partial charge >= 0.3 is 5.97 Å². The Bertz CT molecular complexity index is 771. The number of rotatable bonds is 7. The van der Waals surface area contributed by atoms with Crippen molar-refractivity contribution in [1.82, 2.24) is 19.7 Å². The quantitative estimate of drug-likeness (QED) is 0.689. The summed E-state index contributed by atoms with van der Waals surface area (Å²) in [6.45, 7) is 3.73. The van der Waals surface area contributed by atoms with E-state index in [9.17, 15) is 18.3 Å². The minimum absolute atomic E-state index is 0.0161. The van der Waals surface area contributed by atoms with Crippen molar-refractivity contribution in [3.63, 3.8) is 0 Å². The molecular formula is C14H18N4O4S. The Hall–Kier alpha value is -2.26. The number of carbonyl (C=O) groups is 1. The zero-order valence-corrected chi connectivity index (χ0v) is 13.5. The molecular weight excluding hydrogens is 320 g/mol. The summed E-state index contributed by atoms with van der Waals surface area (Å²) >= 11 is 0. The first-order chi connectivity index (χ1) is 10.8. The third-order valence-corrected chi connectivity index (χ3v) is 4.57. The predicted octanol–water partition coefficient (Wildman–Crippen LogP) is 0.902. The smallest absolute Gasteiger partial charge is 0.322 e. The van der Waals surface area contributed by atoms with Gasteiger partial charge in [-0.3, -0.25) is 9.78 Å². The lowest BCUT2D eigenvalue weighted by molar-refractivity contribution is -0.138. The maximum atomic E-state index is 12.3. The minimum atomic E-state index is -4.00. The monoisotopic (exact) mass is 338 g/mol. The topological polar surface area (TPSA) is 125 Å². The third kappa shape index (κ3) is 4.36. The van der Waals surface area contributed by atoms with Crippen LogP contribution in [0.3, 0.4) is 0 Å². The lowest BCUT2D eigenvalue weighted by Crippen LogP contribution is -2.42. The number of hydrogen-bond acceptors (Lipinski definition) is 5. The molecule has 124 valence electrons. The summed E-state index contributed by atoms with van der Waals surface area (Å²) in [7, 11) is -4.00. The summed E-state index contributed by atoms with van der Waals surface area (Å²) in [5, 5.41) is 9.12. The fourth-order valence-corrected chi connectivity index (χ4v) is 3.05. The first-order valence-electron chi connectivity index (χ1n) is 6.98. The highest BCUT2D eigenvalue weighted by atomic mass is 32.2. The van der Waals surface area contributed by atoms with Crippen molar-refractivity contribution in [3.05, 3.63) is 42.1 Å². The molecule has 2 aromatic rings. The Morgan fingerprint density at radius 1 is 1.35 bits per heavy atom. The van der Waals surface area contributed by atoms with E-state index in [0.29, 0.717) is 11.4 Å². The van der Waals surface area contributed by atoms with Crippen LogP contribution >= 0.6 is 0 Å². The highest BCUT2D eigenvalue weighted by molar-refractivity contribution is 7.89. The number of H-pyrrole nitrogens is 1. The van der Waals surface area contributed by atoms with Gasteiger partial charge in [0, 0.05) is 18.3 Å². The average Bonchev–Trinajstić information content (AvgIpc) is 2.98. The van der Waals surface area contributed by atoms with E-state index in [0.717, 1.165) is 0 Å². The summed E-state index contributed by atoms with van der Waals surface area (Å²) in [6, 6.07) is 1.99. The summed E-state index contributed by atoms with van der Waals surface area (Å²) in [4.78, 5) is 21.9. The van der Waals surface area contributed by atoms with E-state index in [1.807, 2.05) is 13.8 Å². The van der Waals surface area contributed by atoms with Gasteiger partial charge < -0.3 is 10.1 Å². The van der Waals surface area contributed by atoms with Crippen molar-refractivity contribution in [2.45, 2.75) is 37.3 Å². The second-order valence-electron chi connectivity index (χ2n) is 5.36. The second-order valence-corrected chi connectivity index (χ2v) is 7.04. The van der Waals surface area contributed by atoms with Crippen molar-refractivity contribution in [3.8, 4) is 0 Å². The van der Waals surface area contributed by atoms with E-state index in [4.69, 9.17) is 0 Å². The van der Waals surface area contributed by atoms with E-state index >= 15 is 0 Å². The lowest BCUT2D eigenvalue weighted by atomic mass is 10.1. The number of aliphatic carboxylic acids is 1. The van der Waals surface area contributed by atoms with Crippen LogP contribution in [0.25, 0.3) is 0 Å². The van der Waals surface area contributed by atoms with Crippen LogP contribution in [0.15, 0.2) is 35.7 Å². The molecule has 0 saturated heterocycles. The molecule has 0 amide bonds. The number of nitrogens with one attached hydrogen (secondary N) is 2. The number of imidazole rings is 1. The van der Waals surface area contributed by atoms with Gasteiger partial charge in [-0.2, -0.15) is 4.72 Å². The number of carboxylic acid groups (broad SMARTS) is 1. The number of aromatic nitrogens is 3. The summed E-state index contributed by atoms with van der Waals surface area (Å²) in [5.74, 6) is -0.702. The molecule has 0 spiro atoms. The second kappa shape index (κ2) is 6.88. The number of hydrogen-bond donors (Lipinski definition) is 3. The molecule has 1 unspecified atom stereocenters. The molecule has 0 saturated carbocycles. The van der Waals surface area contributed by atoms with Crippen LogP contribution < -0.4 is 4.72 Å². The lowest BCUT2D eigenvalue weighted by Gasteiger charge is -2.14. The Balaban J connectivity index is 2.19. The fourth-order valence-electron chi connectivity index (χ4n) is 1.93. The zero-order chi connectivity index (χ0) is 17.0. The third-order valence-electron chi connectivity index (χ3n) is 3.19. The van der Waals surface area contributed by atoms with Crippen molar-refractivity contribution in [1.29, 1.82) is 0 Å². The normalized spacial score (nSPS) is 13.2. The molecule has 2 rings (SSSR count). The Labute approximate surface area is 134 Å². The molecule has 9 heteroatoms. The SMILES string of the molecule is CC(C)c1ncc(S(=O)(=O)NC(Cc2ccncc2)C(=O)O)[nH]1. The fraction of sp³-hybridized carbons (Fsp3) is 0.357. The van der Waals surface area contributed by atoms with E-state index in [1.54, 1.807) is 12.1 Å². The highest BCUT2D eigenvalue weighted by Crippen LogP contribution is 2.14. The highest BCUT2D eigenvalue weighted by Gasteiger charge is 2.27. The summed E-state index contributed by atoms with van der Waals surface area (Å²) in [5.41, 5.74) is 0.669. The Morgan fingerprint density at radius 2 is 2.00 bits per heavy atom. The van der Waals surface area contributed by atoms with Crippen LogP contribution in [-0.2, 0) is 21.2 Å². The molecule has 0 aliphatic heterocycles. The number of sulfonamides is 1. The number of carboxylic acids is 1. The molecule has 2 aromatic heterocycles. The van der Waals surface area contributed by atoms with Crippen LogP contribution in [0.1, 0.15) is 31.2 Å². The van der Waals surface area contributed by atoms with Gasteiger partial charge in [-0.15, -0.1) is 0 Å². The number of aromatic amines is 1. The van der Waals surface area contributed by atoms with Gasteiger partial charge in [0.25, 0.3) is 10.0 Å². The average molecular weight is 338 g/mol. The van der Waals surface area contributed by atoms with Gasteiger partial charge in [-0.05, 0) is 24.1 Å². The Morgan fingerprint density at radius 3 is 2.52 bits per heavy atom. The molecule has 0 aliphatic carbocycles.